The van der Waals surface area contributed by atoms with E-state index in [2.05, 4.69) is 45.1 Å². The maximum Gasteiger partial charge on any atom is 0.223 e. The molecule has 2 aromatic rings. The molecule has 0 spiro atoms. The minimum absolute atomic E-state index is 0.343. The van der Waals surface area contributed by atoms with Gasteiger partial charge in [-0.25, -0.2) is 9.97 Å². The van der Waals surface area contributed by atoms with Crippen molar-refractivity contribution in [3.63, 3.8) is 0 Å². The van der Waals surface area contributed by atoms with Gasteiger partial charge >= 0.3 is 0 Å². The lowest BCUT2D eigenvalue weighted by Crippen LogP contribution is -2.25. The van der Waals surface area contributed by atoms with Gasteiger partial charge in [0.1, 0.15) is 0 Å². The van der Waals surface area contributed by atoms with Gasteiger partial charge in [-0.05, 0) is 18.9 Å². The molecule has 1 N–H and O–H groups in total. The topological polar surface area (TPSA) is 37.8 Å². The Hall–Kier alpha value is -1.16. The van der Waals surface area contributed by atoms with Crippen LogP contribution in [-0.4, -0.2) is 21.3 Å². The normalized spacial score (nSPS) is 14.5. The average Bonchev–Trinajstić information content (AvgIpc) is 2.37. The summed E-state index contributed by atoms with van der Waals surface area (Å²) in [6.45, 7) is 4.33. The Morgan fingerprint density at radius 1 is 1.29 bits per heavy atom. The molecule has 0 bridgehead atoms. The molecular formula is C13H16BrN3. The van der Waals surface area contributed by atoms with Gasteiger partial charge < -0.3 is 5.32 Å². The number of aromatic nitrogens is 2. The zero-order valence-corrected chi connectivity index (χ0v) is 11.6. The van der Waals surface area contributed by atoms with Crippen molar-refractivity contribution in [3.8, 4) is 0 Å². The predicted octanol–water partition coefficient (Wildman–Crippen LogP) is 3.46. The number of para-hydroxylation sites is 1. The first-order valence-electron chi connectivity index (χ1n) is 5.75. The molecule has 1 aromatic carbocycles. The van der Waals surface area contributed by atoms with Gasteiger partial charge in [-0.1, -0.05) is 41.1 Å². The molecule has 4 heteroatoms. The van der Waals surface area contributed by atoms with E-state index in [0.717, 1.165) is 16.2 Å². The molecule has 1 heterocycles. The summed E-state index contributed by atoms with van der Waals surface area (Å²) in [5, 5.41) is 5.37. The van der Waals surface area contributed by atoms with Crippen LogP contribution in [0.25, 0.3) is 10.9 Å². The second-order valence-corrected chi connectivity index (χ2v) is 4.96. The molecule has 0 saturated carbocycles. The van der Waals surface area contributed by atoms with E-state index in [9.17, 15) is 0 Å². The minimum atomic E-state index is 0.343. The summed E-state index contributed by atoms with van der Waals surface area (Å²) in [6, 6.07) is 8.35. The van der Waals surface area contributed by atoms with Crippen molar-refractivity contribution in [2.75, 3.05) is 10.6 Å². The number of anilines is 1. The third-order valence-electron chi connectivity index (χ3n) is 2.94. The lowest BCUT2D eigenvalue weighted by molar-refractivity contribution is 0.569. The van der Waals surface area contributed by atoms with Gasteiger partial charge in [0.25, 0.3) is 0 Å². The van der Waals surface area contributed by atoms with Crippen LogP contribution >= 0.6 is 15.9 Å². The molecule has 0 aliphatic heterocycles. The molecule has 0 aliphatic rings. The monoisotopic (exact) mass is 293 g/mol. The lowest BCUT2D eigenvalue weighted by atomic mass is 10.1. The van der Waals surface area contributed by atoms with Crippen LogP contribution in [0.2, 0.25) is 0 Å². The van der Waals surface area contributed by atoms with E-state index in [1.165, 1.54) is 0 Å². The Labute approximate surface area is 110 Å². The second-order valence-electron chi connectivity index (χ2n) is 4.32. The first-order valence-corrected chi connectivity index (χ1v) is 6.87. The van der Waals surface area contributed by atoms with E-state index in [-0.39, 0.29) is 0 Å². The highest BCUT2D eigenvalue weighted by molar-refractivity contribution is 9.09. The number of fused-ring (bicyclic) bond motifs is 1. The van der Waals surface area contributed by atoms with Crippen molar-refractivity contribution in [1.82, 2.24) is 9.97 Å². The Bertz CT molecular complexity index is 501. The molecule has 90 valence electrons. The van der Waals surface area contributed by atoms with Crippen LogP contribution in [0.5, 0.6) is 0 Å². The van der Waals surface area contributed by atoms with Gasteiger partial charge in [0, 0.05) is 23.0 Å². The molecular weight excluding hydrogens is 278 g/mol. The minimum Gasteiger partial charge on any atom is -0.351 e. The Kier molecular flexibility index (Phi) is 3.94. The third kappa shape index (κ3) is 2.94. The van der Waals surface area contributed by atoms with Crippen molar-refractivity contribution in [3.05, 3.63) is 30.5 Å². The summed E-state index contributed by atoms with van der Waals surface area (Å²) in [4.78, 5) is 8.82. The van der Waals surface area contributed by atoms with E-state index in [1.807, 2.05) is 30.5 Å². The summed E-state index contributed by atoms with van der Waals surface area (Å²) < 4.78 is 0. The molecule has 2 rings (SSSR count). The van der Waals surface area contributed by atoms with E-state index >= 15 is 0 Å². The van der Waals surface area contributed by atoms with E-state index in [0.29, 0.717) is 17.9 Å². The van der Waals surface area contributed by atoms with Gasteiger partial charge in [0.15, 0.2) is 0 Å². The summed E-state index contributed by atoms with van der Waals surface area (Å²) in [6.07, 6.45) is 1.86. The molecule has 3 nitrogen and oxygen atoms in total. The first kappa shape index (κ1) is 12.3. The Morgan fingerprint density at radius 2 is 2.06 bits per heavy atom. The van der Waals surface area contributed by atoms with Gasteiger partial charge in [-0.3, -0.25) is 0 Å². The number of alkyl halides is 1. The van der Waals surface area contributed by atoms with Crippen LogP contribution in [0.1, 0.15) is 13.8 Å². The van der Waals surface area contributed by atoms with Crippen molar-refractivity contribution < 1.29 is 0 Å². The van der Waals surface area contributed by atoms with Crippen LogP contribution in [0.15, 0.2) is 30.5 Å². The summed E-state index contributed by atoms with van der Waals surface area (Å²) in [5.41, 5.74) is 0.976. The van der Waals surface area contributed by atoms with Crippen molar-refractivity contribution in [2.45, 2.75) is 19.9 Å². The predicted molar refractivity (Wildman–Crippen MR) is 75.6 cm³/mol. The molecule has 2 unspecified atom stereocenters. The van der Waals surface area contributed by atoms with E-state index in [4.69, 9.17) is 0 Å². The van der Waals surface area contributed by atoms with Crippen molar-refractivity contribution in [2.24, 2.45) is 5.92 Å². The fraction of sp³-hybridized carbons (Fsp3) is 0.385. The highest BCUT2D eigenvalue weighted by atomic mass is 79.9. The molecule has 0 saturated heterocycles. The maximum absolute atomic E-state index is 4.49. The first-order chi connectivity index (χ1) is 8.20. The highest BCUT2D eigenvalue weighted by Gasteiger charge is 2.11. The molecule has 17 heavy (non-hydrogen) atoms. The Morgan fingerprint density at radius 3 is 2.82 bits per heavy atom. The number of nitrogens with zero attached hydrogens (tertiary/aromatic N) is 2. The summed E-state index contributed by atoms with van der Waals surface area (Å²) >= 11 is 3.49. The van der Waals surface area contributed by atoms with E-state index in [1.54, 1.807) is 0 Å². The van der Waals surface area contributed by atoms with Crippen molar-refractivity contribution >= 4 is 32.8 Å². The van der Waals surface area contributed by atoms with Crippen LogP contribution in [0, 0.1) is 5.92 Å². The van der Waals surface area contributed by atoms with Gasteiger partial charge in [-0.15, -0.1) is 0 Å². The summed E-state index contributed by atoms with van der Waals surface area (Å²) in [7, 11) is 0. The third-order valence-corrected chi connectivity index (χ3v) is 3.96. The van der Waals surface area contributed by atoms with Crippen LogP contribution in [0.4, 0.5) is 5.95 Å². The standard InChI is InChI=1S/C13H16BrN3/c1-9(7-14)10(2)16-13-15-8-11-5-3-4-6-12(11)17-13/h3-6,8-10H,7H2,1-2H3,(H,15,16,17). The number of hydrogen-bond acceptors (Lipinski definition) is 3. The zero-order valence-electron chi connectivity index (χ0n) is 10.0. The molecule has 1 aromatic heterocycles. The largest absolute Gasteiger partial charge is 0.351 e. The van der Waals surface area contributed by atoms with Crippen LogP contribution < -0.4 is 5.32 Å². The molecule has 0 amide bonds. The van der Waals surface area contributed by atoms with Gasteiger partial charge in [-0.2, -0.15) is 0 Å². The summed E-state index contributed by atoms with van der Waals surface area (Å²) in [5.74, 6) is 1.23. The highest BCUT2D eigenvalue weighted by Crippen LogP contribution is 2.14. The van der Waals surface area contributed by atoms with Gasteiger partial charge in [0.05, 0.1) is 5.52 Å². The number of hydrogen-bond donors (Lipinski definition) is 1. The number of nitrogens with one attached hydrogen (secondary N) is 1. The molecule has 0 radical (unpaired) electrons. The van der Waals surface area contributed by atoms with E-state index < -0.39 is 0 Å². The van der Waals surface area contributed by atoms with Gasteiger partial charge in [0.2, 0.25) is 5.95 Å². The van der Waals surface area contributed by atoms with Crippen LogP contribution in [0.3, 0.4) is 0 Å². The molecule has 0 aliphatic carbocycles. The Balaban J connectivity index is 2.19. The number of halogens is 1. The number of benzene rings is 1. The molecule has 0 fully saturated rings. The SMILES string of the molecule is CC(CBr)C(C)Nc1ncc2ccccc2n1. The maximum atomic E-state index is 4.49. The average molecular weight is 294 g/mol. The fourth-order valence-corrected chi connectivity index (χ4v) is 2.08. The lowest BCUT2D eigenvalue weighted by Gasteiger charge is -2.19. The fourth-order valence-electron chi connectivity index (χ4n) is 1.52. The zero-order chi connectivity index (χ0) is 12.3. The second kappa shape index (κ2) is 5.45. The van der Waals surface area contributed by atoms with Crippen molar-refractivity contribution in [1.29, 1.82) is 0 Å². The van der Waals surface area contributed by atoms with Crippen LogP contribution in [-0.2, 0) is 0 Å². The molecule has 2 atom stereocenters. The smallest absolute Gasteiger partial charge is 0.223 e. The number of rotatable bonds is 4. The quantitative estimate of drug-likeness (QED) is 0.878.